The van der Waals surface area contributed by atoms with Gasteiger partial charge in [-0.15, -0.1) is 0 Å². The van der Waals surface area contributed by atoms with Crippen LogP contribution in [0.4, 0.5) is 0 Å². The van der Waals surface area contributed by atoms with E-state index in [1.54, 1.807) is 0 Å². The fourth-order valence-corrected chi connectivity index (χ4v) is 8.31. The minimum Gasteiger partial charge on any atom is -0.309 e. The van der Waals surface area contributed by atoms with Gasteiger partial charge in [0.05, 0.1) is 11.0 Å². The van der Waals surface area contributed by atoms with Gasteiger partial charge in [0.1, 0.15) is 0 Å². The molecule has 0 atom stereocenters. The summed E-state index contributed by atoms with van der Waals surface area (Å²) in [4.78, 5) is 15.4. The van der Waals surface area contributed by atoms with Crippen molar-refractivity contribution in [1.82, 2.24) is 19.5 Å². The van der Waals surface area contributed by atoms with Crippen molar-refractivity contribution in [1.29, 1.82) is 0 Å². The monoisotopic (exact) mass is 700 g/mol. The third-order valence-corrected chi connectivity index (χ3v) is 10.8. The molecule has 0 aliphatic rings. The predicted molar refractivity (Wildman–Crippen MR) is 228 cm³/mol. The van der Waals surface area contributed by atoms with E-state index in [1.807, 2.05) is 36.4 Å². The lowest BCUT2D eigenvalue weighted by atomic mass is 9.89. The van der Waals surface area contributed by atoms with Crippen LogP contribution in [0.5, 0.6) is 0 Å². The van der Waals surface area contributed by atoms with Crippen LogP contribution in [0, 0.1) is 0 Å². The van der Waals surface area contributed by atoms with Crippen molar-refractivity contribution in [2.45, 2.75) is 0 Å². The molecule has 0 unspecified atom stereocenters. The van der Waals surface area contributed by atoms with E-state index >= 15 is 0 Å². The Morgan fingerprint density at radius 1 is 0.291 bits per heavy atom. The minimum atomic E-state index is 0.647. The highest BCUT2D eigenvalue weighted by Gasteiger charge is 2.19. The Morgan fingerprint density at radius 2 is 0.782 bits per heavy atom. The maximum Gasteiger partial charge on any atom is 0.164 e. The Bertz CT molecular complexity index is 3180. The average molecular weight is 701 g/mol. The second-order valence-corrected chi connectivity index (χ2v) is 14.0. The third kappa shape index (κ3) is 5.11. The fourth-order valence-electron chi connectivity index (χ4n) is 8.31. The smallest absolute Gasteiger partial charge is 0.164 e. The van der Waals surface area contributed by atoms with Gasteiger partial charge in [0.15, 0.2) is 17.5 Å². The molecule has 0 fully saturated rings. The molecule has 11 aromatic rings. The summed E-state index contributed by atoms with van der Waals surface area (Å²) in [5.74, 6) is 1.94. The van der Waals surface area contributed by atoms with Gasteiger partial charge in [-0.1, -0.05) is 164 Å². The molecule has 0 amide bonds. The average Bonchev–Trinajstić information content (AvgIpc) is 3.60. The van der Waals surface area contributed by atoms with Crippen molar-refractivity contribution >= 4 is 54.1 Å². The maximum absolute atomic E-state index is 5.19. The van der Waals surface area contributed by atoms with Crippen molar-refractivity contribution in [3.63, 3.8) is 0 Å². The number of nitrogens with zero attached hydrogens (tertiary/aromatic N) is 4. The van der Waals surface area contributed by atoms with Gasteiger partial charge < -0.3 is 4.57 Å². The number of rotatable bonds is 5. The molecule has 0 saturated carbocycles. The maximum atomic E-state index is 5.19. The lowest BCUT2D eigenvalue weighted by Gasteiger charge is -2.16. The minimum absolute atomic E-state index is 0.647. The molecule has 2 heterocycles. The Labute approximate surface area is 317 Å². The standard InChI is InChI=1S/C51H32N4/c1-4-15-33(16-5-1)49-52-50(34-17-6-2-7-18-34)54-51(53-49)44-25-14-24-43-39-22-11-10-21-38(39)40-29-27-35(31-45(40)48(43)44)36-28-30-42-41-23-12-13-26-46(41)55(47(42)32-36)37-19-8-3-9-20-37/h1-32H. The lowest BCUT2D eigenvalue weighted by molar-refractivity contribution is 1.08. The van der Waals surface area contributed by atoms with E-state index < -0.39 is 0 Å². The van der Waals surface area contributed by atoms with Gasteiger partial charge in [0.25, 0.3) is 0 Å². The molecule has 0 radical (unpaired) electrons. The van der Waals surface area contributed by atoms with E-state index in [-0.39, 0.29) is 0 Å². The quantitative estimate of drug-likeness (QED) is 0.168. The highest BCUT2D eigenvalue weighted by molar-refractivity contribution is 6.28. The molecular weight excluding hydrogens is 669 g/mol. The van der Waals surface area contributed by atoms with Crippen LogP contribution in [0.2, 0.25) is 0 Å². The molecule has 2 aromatic heterocycles. The molecule has 0 N–H and O–H groups in total. The largest absolute Gasteiger partial charge is 0.309 e. The van der Waals surface area contributed by atoms with E-state index in [0.29, 0.717) is 17.5 Å². The van der Waals surface area contributed by atoms with E-state index in [0.717, 1.165) is 44.3 Å². The molecule has 11 rings (SSSR count). The van der Waals surface area contributed by atoms with Crippen molar-refractivity contribution < 1.29 is 0 Å². The Balaban J connectivity index is 1.19. The van der Waals surface area contributed by atoms with Crippen molar-refractivity contribution in [2.24, 2.45) is 0 Å². The van der Waals surface area contributed by atoms with Crippen LogP contribution < -0.4 is 0 Å². The second kappa shape index (κ2) is 12.6. The summed E-state index contributed by atoms with van der Waals surface area (Å²) in [5, 5.41) is 9.56. The molecule has 0 spiro atoms. The van der Waals surface area contributed by atoms with Gasteiger partial charge in [0.2, 0.25) is 0 Å². The summed E-state index contributed by atoms with van der Waals surface area (Å²) in [6.45, 7) is 0. The number of aromatic nitrogens is 4. The normalized spacial score (nSPS) is 11.6. The third-order valence-electron chi connectivity index (χ3n) is 10.8. The molecule has 0 saturated heterocycles. The zero-order valence-electron chi connectivity index (χ0n) is 29.8. The Morgan fingerprint density at radius 3 is 1.47 bits per heavy atom. The van der Waals surface area contributed by atoms with Crippen molar-refractivity contribution in [3.8, 4) is 51.0 Å². The fraction of sp³-hybridized carbons (Fsp3) is 0. The van der Waals surface area contributed by atoms with E-state index in [4.69, 9.17) is 15.0 Å². The first-order valence-corrected chi connectivity index (χ1v) is 18.6. The van der Waals surface area contributed by atoms with Crippen LogP contribution in [0.1, 0.15) is 0 Å². The first-order valence-electron chi connectivity index (χ1n) is 18.6. The van der Waals surface area contributed by atoms with Crippen LogP contribution in [0.25, 0.3) is 105 Å². The number of hydrogen-bond donors (Lipinski definition) is 0. The van der Waals surface area contributed by atoms with Crippen LogP contribution in [-0.2, 0) is 0 Å². The van der Waals surface area contributed by atoms with Gasteiger partial charge in [-0.25, -0.2) is 15.0 Å². The molecule has 9 aromatic carbocycles. The molecule has 0 bridgehead atoms. The summed E-state index contributed by atoms with van der Waals surface area (Å²) in [5.41, 5.74) is 8.70. The van der Waals surface area contributed by atoms with Crippen molar-refractivity contribution in [2.75, 3.05) is 0 Å². The Kier molecular flexibility index (Phi) is 7.14. The van der Waals surface area contributed by atoms with Gasteiger partial charge in [-0.3, -0.25) is 0 Å². The molecule has 4 nitrogen and oxygen atoms in total. The van der Waals surface area contributed by atoms with Gasteiger partial charge >= 0.3 is 0 Å². The first kappa shape index (κ1) is 31.1. The highest BCUT2D eigenvalue weighted by atomic mass is 15.0. The summed E-state index contributed by atoms with van der Waals surface area (Å²) in [6.07, 6.45) is 0. The topological polar surface area (TPSA) is 43.6 Å². The number of benzene rings is 9. The molecule has 256 valence electrons. The van der Waals surface area contributed by atoms with Crippen molar-refractivity contribution in [3.05, 3.63) is 194 Å². The number of fused-ring (bicyclic) bond motifs is 9. The Hall–Kier alpha value is -7.43. The molecule has 0 aliphatic carbocycles. The van der Waals surface area contributed by atoms with E-state index in [2.05, 4.69) is 162 Å². The summed E-state index contributed by atoms with van der Waals surface area (Å²) in [7, 11) is 0. The van der Waals surface area contributed by atoms with Gasteiger partial charge in [-0.05, 0) is 68.4 Å². The van der Waals surface area contributed by atoms with Crippen LogP contribution >= 0.6 is 0 Å². The summed E-state index contributed by atoms with van der Waals surface area (Å²) < 4.78 is 2.38. The second-order valence-electron chi connectivity index (χ2n) is 14.0. The molecule has 4 heteroatoms. The summed E-state index contributed by atoms with van der Waals surface area (Å²) in [6, 6.07) is 68.7. The highest BCUT2D eigenvalue weighted by Crippen LogP contribution is 2.42. The van der Waals surface area contributed by atoms with Gasteiger partial charge in [-0.2, -0.15) is 0 Å². The zero-order chi connectivity index (χ0) is 36.3. The van der Waals surface area contributed by atoms with Crippen LogP contribution in [0.15, 0.2) is 194 Å². The number of hydrogen-bond acceptors (Lipinski definition) is 3. The lowest BCUT2D eigenvalue weighted by Crippen LogP contribution is -2.00. The predicted octanol–water partition coefficient (Wildman–Crippen LogP) is 13.1. The van der Waals surface area contributed by atoms with Crippen LogP contribution in [-0.4, -0.2) is 19.5 Å². The molecule has 0 aliphatic heterocycles. The van der Waals surface area contributed by atoms with Gasteiger partial charge in [0, 0.05) is 38.5 Å². The SMILES string of the molecule is c1ccc(-c2nc(-c3ccccc3)nc(-c3cccc4c5ccccc5c5ccc(-c6ccc7c8ccccc8n(-c8ccccc8)c7c6)cc5c34)n2)cc1. The van der Waals surface area contributed by atoms with Crippen LogP contribution in [0.3, 0.4) is 0 Å². The summed E-state index contributed by atoms with van der Waals surface area (Å²) >= 11 is 0. The molecular formula is C51H32N4. The molecule has 55 heavy (non-hydrogen) atoms. The van der Waals surface area contributed by atoms with E-state index in [1.165, 1.54) is 43.4 Å². The first-order chi connectivity index (χ1) is 27.3. The zero-order valence-corrected chi connectivity index (χ0v) is 29.8. The number of para-hydroxylation sites is 2. The van der Waals surface area contributed by atoms with E-state index in [9.17, 15) is 0 Å².